The Morgan fingerprint density at radius 2 is 1.85 bits per heavy atom. The largest absolute Gasteiger partial charge is 0.345 e. The Balaban J connectivity index is 1.20. The molecule has 0 aliphatic heterocycles. The van der Waals surface area contributed by atoms with E-state index >= 15 is 0 Å². The van der Waals surface area contributed by atoms with Gasteiger partial charge >= 0.3 is 0 Å². The molecule has 0 radical (unpaired) electrons. The summed E-state index contributed by atoms with van der Waals surface area (Å²) in [4.78, 5) is 32.6. The summed E-state index contributed by atoms with van der Waals surface area (Å²) in [6.07, 6.45) is 3.82. The van der Waals surface area contributed by atoms with E-state index in [1.165, 1.54) is 29.2 Å². The summed E-state index contributed by atoms with van der Waals surface area (Å²) >= 11 is 0. The Morgan fingerprint density at radius 3 is 2.59 bits per heavy atom. The van der Waals surface area contributed by atoms with Gasteiger partial charge in [-0.15, -0.1) is 10.2 Å². The molecule has 4 heterocycles. The maximum absolute atomic E-state index is 14.6. The molecule has 2 N–H and O–H groups in total. The summed E-state index contributed by atoms with van der Waals surface area (Å²) in [6.45, 7) is 2.86. The van der Waals surface area contributed by atoms with E-state index in [1.54, 1.807) is 36.5 Å². The van der Waals surface area contributed by atoms with Crippen LogP contribution in [-0.4, -0.2) is 53.1 Å². The highest BCUT2D eigenvalue weighted by Crippen LogP contribution is 2.28. The molecule has 4 rings (SSSR count). The van der Waals surface area contributed by atoms with E-state index in [0.29, 0.717) is 17.5 Å². The van der Waals surface area contributed by atoms with Crippen molar-refractivity contribution in [1.29, 1.82) is 0 Å². The van der Waals surface area contributed by atoms with Gasteiger partial charge in [-0.1, -0.05) is 17.9 Å². The van der Waals surface area contributed by atoms with Crippen LogP contribution in [0.25, 0.3) is 0 Å². The first-order valence-electron chi connectivity index (χ1n) is 12.5. The molecule has 1 atom stereocenters. The van der Waals surface area contributed by atoms with Crippen LogP contribution in [-0.2, 0) is 36.6 Å². The van der Waals surface area contributed by atoms with Gasteiger partial charge in [0.15, 0.2) is 11.5 Å². The molecule has 11 nitrogen and oxygen atoms in total. The molecule has 0 saturated carbocycles. The maximum Gasteiger partial charge on any atom is 0.291 e. The number of hydrogen-bond donors (Lipinski definition) is 2. The van der Waals surface area contributed by atoms with Crippen LogP contribution in [0.15, 0.2) is 73.7 Å². The first kappa shape index (κ1) is 29.0. The number of nitrogens with zero attached hydrogens (tertiary/aromatic N) is 7. The molecule has 0 saturated heterocycles. The Labute approximate surface area is 232 Å². The van der Waals surface area contributed by atoms with Gasteiger partial charge in [0, 0.05) is 23.7 Å². The van der Waals surface area contributed by atoms with Gasteiger partial charge in [0.2, 0.25) is 5.91 Å². The highest BCUT2D eigenvalue weighted by Gasteiger charge is 2.27. The van der Waals surface area contributed by atoms with E-state index in [2.05, 4.69) is 47.7 Å². The van der Waals surface area contributed by atoms with Crippen molar-refractivity contribution >= 4 is 17.6 Å². The van der Waals surface area contributed by atoms with Gasteiger partial charge in [0.05, 0.1) is 37.1 Å². The number of aryl methyl sites for hydroxylation is 1. The van der Waals surface area contributed by atoms with Crippen molar-refractivity contribution in [1.82, 2.24) is 40.5 Å². The third-order valence-corrected chi connectivity index (χ3v) is 5.81. The van der Waals surface area contributed by atoms with E-state index in [-0.39, 0.29) is 61.0 Å². The van der Waals surface area contributed by atoms with E-state index in [1.807, 2.05) is 0 Å². The fraction of sp³-hybridized carbons (Fsp3) is 0.259. The first-order chi connectivity index (χ1) is 19.7. The number of aromatic nitrogens is 7. The number of amides is 2. The quantitative estimate of drug-likeness (QED) is 0.236. The second-order valence-corrected chi connectivity index (χ2v) is 8.96. The minimum Gasteiger partial charge on any atom is -0.345 e. The lowest BCUT2D eigenvalue weighted by molar-refractivity contribution is -0.115. The van der Waals surface area contributed by atoms with Crippen molar-refractivity contribution in [3.63, 3.8) is 0 Å². The molecular formula is C27H26F3N9O2. The van der Waals surface area contributed by atoms with Crippen LogP contribution < -0.4 is 10.6 Å². The zero-order valence-electron chi connectivity index (χ0n) is 21.8. The second-order valence-electron chi connectivity index (χ2n) is 8.96. The summed E-state index contributed by atoms with van der Waals surface area (Å²) in [6, 6.07) is 10.9. The normalized spacial score (nSPS) is 12.0. The summed E-state index contributed by atoms with van der Waals surface area (Å²) in [7, 11) is 0. The van der Waals surface area contributed by atoms with E-state index < -0.39 is 18.0 Å². The molecule has 2 amide bonds. The predicted octanol–water partition coefficient (Wildman–Crippen LogP) is 3.22. The standard InChI is InChI=1S/C27H26F3N9O2/c1-2-27(29,30)18-10-12-32-22(13-18)15-33-26(41)23-17-39(38-36-23)16-19(28)6-7-20-8-9-24(37-35-20)34-25(40)14-21-5-3-4-11-31-21/h2-5,8-13,17,19H,1,6-7,14-16H2,(H,33,41)(H,34,37,40). The number of rotatable bonds is 13. The lowest BCUT2D eigenvalue weighted by atomic mass is 10.1. The molecule has 1 unspecified atom stereocenters. The molecule has 14 heteroatoms. The molecule has 0 aliphatic rings. The van der Waals surface area contributed by atoms with Crippen LogP contribution in [0, 0.1) is 0 Å². The molecule has 4 aromatic rings. The van der Waals surface area contributed by atoms with Gasteiger partial charge in [0.1, 0.15) is 6.17 Å². The van der Waals surface area contributed by atoms with Crippen LogP contribution in [0.1, 0.15) is 39.6 Å². The third-order valence-electron chi connectivity index (χ3n) is 5.81. The van der Waals surface area contributed by atoms with E-state index in [9.17, 15) is 22.8 Å². The molecule has 212 valence electrons. The Kier molecular flexibility index (Phi) is 9.45. The number of carbonyl (C=O) groups excluding carboxylic acids is 2. The van der Waals surface area contributed by atoms with Crippen LogP contribution in [0.4, 0.5) is 19.0 Å². The van der Waals surface area contributed by atoms with Gasteiger partial charge in [-0.3, -0.25) is 19.6 Å². The lowest BCUT2D eigenvalue weighted by Gasteiger charge is -2.12. The topological polar surface area (TPSA) is 140 Å². The predicted molar refractivity (Wildman–Crippen MR) is 141 cm³/mol. The number of pyridine rings is 2. The zero-order valence-corrected chi connectivity index (χ0v) is 21.8. The fourth-order valence-electron chi connectivity index (χ4n) is 3.67. The molecule has 0 aromatic carbocycles. The minimum atomic E-state index is -3.22. The SMILES string of the molecule is C=CC(F)(F)c1ccnc(CNC(=O)c2cn(CC(F)CCc3ccc(NC(=O)Cc4ccccn4)nn3)nn2)c1. The number of nitrogens with one attached hydrogen (secondary N) is 2. The molecule has 0 fully saturated rings. The molecule has 0 aliphatic carbocycles. The highest BCUT2D eigenvalue weighted by atomic mass is 19.3. The highest BCUT2D eigenvalue weighted by molar-refractivity contribution is 5.92. The number of hydrogen-bond acceptors (Lipinski definition) is 8. The van der Waals surface area contributed by atoms with Gasteiger partial charge in [-0.2, -0.15) is 13.9 Å². The number of halogens is 3. The van der Waals surface area contributed by atoms with Crippen molar-refractivity contribution in [3.05, 3.63) is 102 Å². The minimum absolute atomic E-state index is 0.0590. The zero-order chi connectivity index (χ0) is 29.2. The van der Waals surface area contributed by atoms with E-state index in [0.717, 1.165) is 0 Å². The third kappa shape index (κ3) is 8.49. The Hall–Kier alpha value is -5.01. The van der Waals surface area contributed by atoms with Crippen molar-refractivity contribution in [2.24, 2.45) is 0 Å². The van der Waals surface area contributed by atoms with Gasteiger partial charge < -0.3 is 10.6 Å². The monoisotopic (exact) mass is 565 g/mol. The average Bonchev–Trinajstić information content (AvgIpc) is 3.44. The van der Waals surface area contributed by atoms with E-state index in [4.69, 9.17) is 0 Å². The number of anilines is 1. The fourth-order valence-corrected chi connectivity index (χ4v) is 3.67. The van der Waals surface area contributed by atoms with Crippen LogP contribution >= 0.6 is 0 Å². The van der Waals surface area contributed by atoms with Crippen molar-refractivity contribution in [2.75, 3.05) is 5.32 Å². The van der Waals surface area contributed by atoms with Crippen molar-refractivity contribution in [2.45, 2.75) is 44.4 Å². The second kappa shape index (κ2) is 13.4. The summed E-state index contributed by atoms with van der Waals surface area (Å²) in [5, 5.41) is 20.7. The summed E-state index contributed by atoms with van der Waals surface area (Å²) in [5.41, 5.74) is 1.03. The number of alkyl halides is 3. The molecule has 0 spiro atoms. The molecule has 0 bridgehead atoms. The molecular weight excluding hydrogens is 539 g/mol. The number of allylic oxidation sites excluding steroid dienone is 1. The molecule has 41 heavy (non-hydrogen) atoms. The Bertz CT molecular complexity index is 1480. The van der Waals surface area contributed by atoms with Crippen molar-refractivity contribution < 1.29 is 22.8 Å². The maximum atomic E-state index is 14.6. The number of carbonyl (C=O) groups is 2. The van der Waals surface area contributed by atoms with Gasteiger partial charge in [-0.25, -0.2) is 9.07 Å². The van der Waals surface area contributed by atoms with Gasteiger partial charge in [-0.05, 0) is 55.3 Å². The average molecular weight is 566 g/mol. The van der Waals surface area contributed by atoms with Crippen molar-refractivity contribution in [3.8, 4) is 0 Å². The van der Waals surface area contributed by atoms with Gasteiger partial charge in [0.25, 0.3) is 11.8 Å². The van der Waals surface area contributed by atoms with Crippen LogP contribution in [0.5, 0.6) is 0 Å². The Morgan fingerprint density at radius 1 is 1.02 bits per heavy atom. The smallest absolute Gasteiger partial charge is 0.291 e. The lowest BCUT2D eigenvalue weighted by Crippen LogP contribution is -2.24. The first-order valence-corrected chi connectivity index (χ1v) is 12.5. The summed E-state index contributed by atoms with van der Waals surface area (Å²) < 4.78 is 43.4. The molecule has 4 aromatic heterocycles. The van der Waals surface area contributed by atoms with Crippen LogP contribution in [0.2, 0.25) is 0 Å². The van der Waals surface area contributed by atoms with Crippen LogP contribution in [0.3, 0.4) is 0 Å². The summed E-state index contributed by atoms with van der Waals surface area (Å²) in [5.74, 6) is -3.84.